The van der Waals surface area contributed by atoms with Crippen LogP contribution in [0.15, 0.2) is 35.7 Å². The van der Waals surface area contributed by atoms with Crippen molar-refractivity contribution in [2.75, 3.05) is 5.73 Å². The van der Waals surface area contributed by atoms with Crippen LogP contribution in [0.1, 0.15) is 0 Å². The Balaban J connectivity index is 0.000000980. The second kappa shape index (κ2) is 4.69. The molecule has 1 aromatic heterocycles. The Morgan fingerprint density at radius 3 is 2.29 bits per heavy atom. The Labute approximate surface area is 97.9 Å². The lowest BCUT2D eigenvalue weighted by molar-refractivity contribution is 1.69. The fraction of sp³-hybridized carbons (Fsp3) is 0. The normalized spacial score (nSPS) is 9.50. The predicted molar refractivity (Wildman–Crippen MR) is 66.4 cm³/mol. The molecule has 1 nitrogen and oxygen atoms in total. The summed E-state index contributed by atoms with van der Waals surface area (Å²) < 4.78 is 0. The average Bonchev–Trinajstić information content (AvgIpc) is 2.53. The summed E-state index contributed by atoms with van der Waals surface area (Å²) in [5.41, 5.74) is 7.60. The molecular weight excluding hydrogens is 237 g/mol. The quantitative estimate of drug-likeness (QED) is 0.806. The van der Waals surface area contributed by atoms with Gasteiger partial charge in [0.15, 0.2) is 0 Å². The van der Waals surface area contributed by atoms with E-state index in [1.54, 1.807) is 11.3 Å². The molecule has 0 saturated carbocycles. The van der Waals surface area contributed by atoms with Gasteiger partial charge in [-0.2, -0.15) is 0 Å². The monoisotopic (exact) mass is 245 g/mol. The maximum absolute atomic E-state index is 5.78. The highest BCUT2D eigenvalue weighted by molar-refractivity contribution is 7.14. The zero-order valence-corrected chi connectivity index (χ0v) is 9.62. The molecule has 0 aliphatic carbocycles. The summed E-state index contributed by atoms with van der Waals surface area (Å²) in [6.07, 6.45) is 0. The van der Waals surface area contributed by atoms with E-state index in [0.717, 1.165) is 16.3 Å². The zero-order chi connectivity index (χ0) is 9.26. The summed E-state index contributed by atoms with van der Waals surface area (Å²) in [6, 6.07) is 9.72. The van der Waals surface area contributed by atoms with Crippen LogP contribution in [-0.4, -0.2) is 0 Å². The largest absolute Gasteiger partial charge is 0.398 e. The maximum Gasteiger partial charge on any atom is 0.0429 e. The number of hydrogen-bond donors (Lipinski definition) is 1. The lowest BCUT2D eigenvalue weighted by Crippen LogP contribution is -1.76. The molecule has 2 rings (SSSR count). The van der Waals surface area contributed by atoms with Crippen molar-refractivity contribution in [1.29, 1.82) is 0 Å². The Hall–Kier alpha value is -0.700. The van der Waals surface area contributed by atoms with Crippen molar-refractivity contribution in [2.45, 2.75) is 0 Å². The highest BCUT2D eigenvalue weighted by Gasteiger charge is 1.99. The number of nitrogen functional groups attached to an aromatic ring is 1. The number of nitrogens with two attached hydrogens (primary N) is 1. The third-order valence-electron chi connectivity index (χ3n) is 1.75. The second-order valence-corrected chi connectivity index (χ2v) is 4.10. The summed E-state index contributed by atoms with van der Waals surface area (Å²) >= 11 is 7.42. The summed E-state index contributed by atoms with van der Waals surface area (Å²) in [6.45, 7) is 0. The van der Waals surface area contributed by atoms with Gasteiger partial charge in [0, 0.05) is 21.0 Å². The Bertz CT molecular complexity index is 408. The van der Waals surface area contributed by atoms with Crippen molar-refractivity contribution in [1.82, 2.24) is 0 Å². The molecule has 1 heterocycles. The summed E-state index contributed by atoms with van der Waals surface area (Å²) in [5, 5.41) is 2.69. The van der Waals surface area contributed by atoms with E-state index in [9.17, 15) is 0 Å². The number of benzene rings is 1. The van der Waals surface area contributed by atoms with Gasteiger partial charge in [-0.25, -0.2) is 0 Å². The molecule has 74 valence electrons. The lowest BCUT2D eigenvalue weighted by Gasteiger charge is -1.95. The van der Waals surface area contributed by atoms with E-state index in [4.69, 9.17) is 17.3 Å². The summed E-state index contributed by atoms with van der Waals surface area (Å²) in [5.74, 6) is 0. The van der Waals surface area contributed by atoms with Crippen LogP contribution in [0.4, 0.5) is 5.69 Å². The molecule has 0 atom stereocenters. The van der Waals surface area contributed by atoms with Crippen LogP contribution in [0.25, 0.3) is 10.4 Å². The maximum atomic E-state index is 5.78. The van der Waals surface area contributed by atoms with E-state index >= 15 is 0 Å². The highest BCUT2D eigenvalue weighted by atomic mass is 35.5. The van der Waals surface area contributed by atoms with E-state index in [0.29, 0.717) is 0 Å². The molecule has 0 radical (unpaired) electrons. The van der Waals surface area contributed by atoms with Gasteiger partial charge in [0.2, 0.25) is 0 Å². The van der Waals surface area contributed by atoms with Crippen LogP contribution >= 0.6 is 35.3 Å². The smallest absolute Gasteiger partial charge is 0.0429 e. The van der Waals surface area contributed by atoms with E-state index in [1.807, 2.05) is 35.7 Å². The molecule has 0 spiro atoms. The highest BCUT2D eigenvalue weighted by Crippen LogP contribution is 2.28. The first-order valence-electron chi connectivity index (χ1n) is 3.85. The molecule has 0 aliphatic rings. The first-order valence-corrected chi connectivity index (χ1v) is 5.11. The van der Waals surface area contributed by atoms with Gasteiger partial charge >= 0.3 is 0 Å². The van der Waals surface area contributed by atoms with Gasteiger partial charge in [-0.05, 0) is 23.8 Å². The fourth-order valence-corrected chi connectivity index (χ4v) is 2.05. The molecule has 0 aliphatic heterocycles. The van der Waals surface area contributed by atoms with Crippen molar-refractivity contribution in [3.63, 3.8) is 0 Å². The van der Waals surface area contributed by atoms with Gasteiger partial charge in [-0.15, -0.1) is 23.7 Å². The average molecular weight is 246 g/mol. The van der Waals surface area contributed by atoms with Crippen LogP contribution in [0.2, 0.25) is 5.02 Å². The molecule has 2 aromatic rings. The minimum Gasteiger partial charge on any atom is -0.398 e. The van der Waals surface area contributed by atoms with Crippen LogP contribution in [-0.2, 0) is 0 Å². The Morgan fingerprint density at radius 1 is 1.14 bits per heavy atom. The first-order chi connectivity index (χ1) is 6.25. The van der Waals surface area contributed by atoms with E-state index in [-0.39, 0.29) is 12.4 Å². The van der Waals surface area contributed by atoms with E-state index < -0.39 is 0 Å². The zero-order valence-electron chi connectivity index (χ0n) is 7.24. The Morgan fingerprint density at radius 2 is 1.79 bits per heavy atom. The van der Waals surface area contributed by atoms with E-state index in [2.05, 4.69) is 0 Å². The van der Waals surface area contributed by atoms with Crippen molar-refractivity contribution in [3.8, 4) is 10.4 Å². The lowest BCUT2D eigenvalue weighted by atomic mass is 10.2. The van der Waals surface area contributed by atoms with Gasteiger partial charge in [0.1, 0.15) is 0 Å². The molecule has 4 heteroatoms. The second-order valence-electron chi connectivity index (χ2n) is 2.75. The minimum absolute atomic E-state index is 0. The molecule has 0 fully saturated rings. The van der Waals surface area contributed by atoms with Crippen molar-refractivity contribution in [3.05, 3.63) is 40.7 Å². The van der Waals surface area contributed by atoms with E-state index in [1.165, 1.54) is 4.88 Å². The molecule has 1 aromatic carbocycles. The number of anilines is 1. The topological polar surface area (TPSA) is 26.0 Å². The molecule has 14 heavy (non-hydrogen) atoms. The summed E-state index contributed by atoms with van der Waals surface area (Å²) in [4.78, 5) is 1.18. The SMILES string of the molecule is Cl.Nc1csc(-c2ccc(Cl)cc2)c1. The van der Waals surface area contributed by atoms with Crippen LogP contribution < -0.4 is 5.73 Å². The van der Waals surface area contributed by atoms with Crippen LogP contribution in [0.3, 0.4) is 0 Å². The molecule has 0 amide bonds. The number of thiophene rings is 1. The Kier molecular flexibility index (Phi) is 3.81. The fourth-order valence-electron chi connectivity index (χ4n) is 1.12. The van der Waals surface area contributed by atoms with Crippen LogP contribution in [0.5, 0.6) is 0 Å². The molecule has 0 bridgehead atoms. The van der Waals surface area contributed by atoms with Crippen molar-refractivity contribution >= 4 is 41.0 Å². The minimum atomic E-state index is 0. The van der Waals surface area contributed by atoms with Crippen molar-refractivity contribution in [2.24, 2.45) is 0 Å². The summed E-state index contributed by atoms with van der Waals surface area (Å²) in [7, 11) is 0. The molecule has 0 unspecified atom stereocenters. The third-order valence-corrected chi connectivity index (χ3v) is 3.00. The molecule has 2 N–H and O–H groups in total. The predicted octanol–water partition coefficient (Wildman–Crippen LogP) is 4.07. The third kappa shape index (κ3) is 2.41. The molecule has 0 saturated heterocycles. The van der Waals surface area contributed by atoms with Crippen molar-refractivity contribution < 1.29 is 0 Å². The van der Waals surface area contributed by atoms with Gasteiger partial charge < -0.3 is 5.73 Å². The van der Waals surface area contributed by atoms with Gasteiger partial charge in [0.05, 0.1) is 0 Å². The molecular formula is C10H9Cl2NS. The van der Waals surface area contributed by atoms with Gasteiger partial charge in [0.25, 0.3) is 0 Å². The van der Waals surface area contributed by atoms with Gasteiger partial charge in [-0.1, -0.05) is 23.7 Å². The van der Waals surface area contributed by atoms with Crippen LogP contribution in [0, 0.1) is 0 Å². The standard InChI is InChI=1S/C10H8ClNS.ClH/c11-8-3-1-7(2-4-8)10-5-9(12)6-13-10;/h1-6H,12H2;1H. The number of halogens is 2. The number of rotatable bonds is 1. The van der Waals surface area contributed by atoms with Gasteiger partial charge in [-0.3, -0.25) is 0 Å². The first kappa shape index (κ1) is 11.4. The number of hydrogen-bond acceptors (Lipinski definition) is 2.